The van der Waals surface area contributed by atoms with Gasteiger partial charge in [0, 0.05) is 5.69 Å². The first-order chi connectivity index (χ1) is 6.30. The molecule has 1 heterocycles. The summed E-state index contributed by atoms with van der Waals surface area (Å²) >= 11 is 0. The normalized spacial score (nSPS) is 11.4. The van der Waals surface area contributed by atoms with E-state index < -0.39 is 17.6 Å². The van der Waals surface area contributed by atoms with Gasteiger partial charge in [-0.2, -0.15) is 13.2 Å². The number of nitrogens with one attached hydrogen (secondary N) is 1. The van der Waals surface area contributed by atoms with E-state index in [4.69, 9.17) is 11.1 Å². The van der Waals surface area contributed by atoms with Gasteiger partial charge in [-0.15, -0.1) is 0 Å². The Kier molecular flexibility index (Phi) is 2.46. The van der Waals surface area contributed by atoms with Gasteiger partial charge in [-0.05, 0) is 19.1 Å². The summed E-state index contributed by atoms with van der Waals surface area (Å²) in [6, 6.07) is 1.67. The van der Waals surface area contributed by atoms with Crippen LogP contribution in [0.25, 0.3) is 0 Å². The number of rotatable bonds is 1. The maximum atomic E-state index is 12.3. The van der Waals surface area contributed by atoms with Crippen molar-refractivity contribution in [2.45, 2.75) is 13.1 Å². The SMILES string of the molecule is Cc1cc(C(F)(F)F)cc(C(=N)N)n1. The zero-order chi connectivity index (χ0) is 10.9. The maximum absolute atomic E-state index is 12.3. The third-order valence-electron chi connectivity index (χ3n) is 1.56. The average Bonchev–Trinajstić information content (AvgIpc) is 2.01. The van der Waals surface area contributed by atoms with Gasteiger partial charge < -0.3 is 5.73 Å². The van der Waals surface area contributed by atoms with Crippen molar-refractivity contribution >= 4 is 5.84 Å². The summed E-state index contributed by atoms with van der Waals surface area (Å²) in [5.41, 5.74) is 4.24. The highest BCUT2D eigenvalue weighted by atomic mass is 19.4. The van der Waals surface area contributed by atoms with Crippen LogP contribution in [0.5, 0.6) is 0 Å². The molecule has 76 valence electrons. The topological polar surface area (TPSA) is 62.8 Å². The molecule has 3 N–H and O–H groups in total. The largest absolute Gasteiger partial charge is 0.416 e. The molecule has 0 fully saturated rings. The maximum Gasteiger partial charge on any atom is 0.416 e. The van der Waals surface area contributed by atoms with Gasteiger partial charge in [-0.3, -0.25) is 5.41 Å². The third kappa shape index (κ3) is 2.21. The Hall–Kier alpha value is -1.59. The van der Waals surface area contributed by atoms with Gasteiger partial charge in [0.15, 0.2) is 0 Å². The van der Waals surface area contributed by atoms with Crippen LogP contribution in [-0.2, 0) is 6.18 Å². The molecule has 0 saturated carbocycles. The molecule has 0 spiro atoms. The van der Waals surface area contributed by atoms with Crippen molar-refractivity contribution in [1.82, 2.24) is 4.98 Å². The van der Waals surface area contributed by atoms with Gasteiger partial charge in [0.05, 0.1) is 5.56 Å². The Morgan fingerprint density at radius 3 is 2.43 bits per heavy atom. The number of hydrogen-bond donors (Lipinski definition) is 2. The molecule has 3 nitrogen and oxygen atoms in total. The van der Waals surface area contributed by atoms with Gasteiger partial charge in [-0.1, -0.05) is 0 Å². The zero-order valence-electron chi connectivity index (χ0n) is 7.31. The smallest absolute Gasteiger partial charge is 0.382 e. The number of pyridine rings is 1. The minimum Gasteiger partial charge on any atom is -0.382 e. The molecular formula is C8H8F3N3. The second kappa shape index (κ2) is 3.28. The van der Waals surface area contributed by atoms with Gasteiger partial charge in [0.1, 0.15) is 11.5 Å². The van der Waals surface area contributed by atoms with Gasteiger partial charge in [0.25, 0.3) is 0 Å². The van der Waals surface area contributed by atoms with Crippen molar-refractivity contribution < 1.29 is 13.2 Å². The highest BCUT2D eigenvalue weighted by Gasteiger charge is 2.31. The van der Waals surface area contributed by atoms with E-state index in [1.807, 2.05) is 0 Å². The van der Waals surface area contributed by atoms with Gasteiger partial charge in [-0.25, -0.2) is 4.98 Å². The molecular weight excluding hydrogens is 195 g/mol. The number of nitrogens with two attached hydrogens (primary N) is 1. The molecule has 6 heteroatoms. The lowest BCUT2D eigenvalue weighted by molar-refractivity contribution is -0.137. The van der Waals surface area contributed by atoms with E-state index in [1.54, 1.807) is 0 Å². The molecule has 0 bridgehead atoms. The monoisotopic (exact) mass is 203 g/mol. The molecule has 0 aliphatic heterocycles. The van der Waals surface area contributed by atoms with Crippen molar-refractivity contribution in [2.24, 2.45) is 5.73 Å². The number of aromatic nitrogens is 1. The second-order valence-electron chi connectivity index (χ2n) is 2.79. The third-order valence-corrected chi connectivity index (χ3v) is 1.56. The lowest BCUT2D eigenvalue weighted by Gasteiger charge is -2.08. The quantitative estimate of drug-likeness (QED) is 0.539. The molecule has 0 radical (unpaired) electrons. The molecule has 0 saturated heterocycles. The predicted octanol–water partition coefficient (Wildman–Crippen LogP) is 1.69. The van der Waals surface area contributed by atoms with Crippen LogP contribution in [0.15, 0.2) is 12.1 Å². The Balaban J connectivity index is 3.28. The molecule has 0 aliphatic carbocycles. The van der Waals surface area contributed by atoms with E-state index >= 15 is 0 Å². The molecule has 0 unspecified atom stereocenters. The number of aryl methyl sites for hydroxylation is 1. The van der Waals surface area contributed by atoms with Crippen LogP contribution in [0.3, 0.4) is 0 Å². The summed E-state index contributed by atoms with van der Waals surface area (Å²) in [7, 11) is 0. The fourth-order valence-corrected chi connectivity index (χ4v) is 0.970. The number of halogens is 3. The fraction of sp³-hybridized carbons (Fsp3) is 0.250. The van der Waals surface area contributed by atoms with Crippen molar-refractivity contribution in [3.63, 3.8) is 0 Å². The van der Waals surface area contributed by atoms with Crippen molar-refractivity contribution in [3.05, 3.63) is 29.1 Å². The highest BCUT2D eigenvalue weighted by molar-refractivity contribution is 5.93. The molecule has 0 aromatic carbocycles. The molecule has 14 heavy (non-hydrogen) atoms. The lowest BCUT2D eigenvalue weighted by Crippen LogP contribution is -2.16. The Morgan fingerprint density at radius 1 is 1.43 bits per heavy atom. The Labute approximate surface area is 78.3 Å². The number of nitrogen functional groups attached to an aromatic ring is 1. The minimum atomic E-state index is -4.43. The molecule has 1 aromatic heterocycles. The zero-order valence-corrected chi connectivity index (χ0v) is 7.31. The van der Waals surface area contributed by atoms with E-state index in [9.17, 15) is 13.2 Å². The number of hydrogen-bond acceptors (Lipinski definition) is 2. The summed E-state index contributed by atoms with van der Waals surface area (Å²) < 4.78 is 36.8. The van der Waals surface area contributed by atoms with E-state index in [0.29, 0.717) is 0 Å². The predicted molar refractivity (Wildman–Crippen MR) is 45.0 cm³/mol. The first-order valence-corrected chi connectivity index (χ1v) is 3.71. The van der Waals surface area contributed by atoms with Crippen LogP contribution < -0.4 is 5.73 Å². The molecule has 1 rings (SSSR count). The average molecular weight is 203 g/mol. The van der Waals surface area contributed by atoms with Gasteiger partial charge >= 0.3 is 6.18 Å². The van der Waals surface area contributed by atoms with Crippen LogP contribution in [0.2, 0.25) is 0 Å². The lowest BCUT2D eigenvalue weighted by atomic mass is 10.2. The first-order valence-electron chi connectivity index (χ1n) is 3.71. The minimum absolute atomic E-state index is 0.155. The second-order valence-corrected chi connectivity index (χ2v) is 2.79. The number of alkyl halides is 3. The fourth-order valence-electron chi connectivity index (χ4n) is 0.970. The van der Waals surface area contributed by atoms with Crippen molar-refractivity contribution in [2.75, 3.05) is 0 Å². The Bertz CT molecular complexity index is 371. The van der Waals surface area contributed by atoms with Crippen molar-refractivity contribution in [1.29, 1.82) is 5.41 Å². The summed E-state index contributed by atoms with van der Waals surface area (Å²) in [5.74, 6) is -0.473. The standard InChI is InChI=1S/C8H8F3N3/c1-4-2-5(8(9,10)11)3-6(14-4)7(12)13/h2-3H,1H3,(H3,12,13). The van der Waals surface area contributed by atoms with Crippen LogP contribution in [0.4, 0.5) is 13.2 Å². The summed E-state index contributed by atoms with van der Waals surface area (Å²) in [6.07, 6.45) is -4.43. The van der Waals surface area contributed by atoms with Crippen LogP contribution in [0, 0.1) is 12.3 Å². The highest BCUT2D eigenvalue weighted by Crippen LogP contribution is 2.29. The number of nitrogens with zero attached hydrogens (tertiary/aromatic N) is 1. The molecule has 0 amide bonds. The Morgan fingerprint density at radius 2 is 2.00 bits per heavy atom. The van der Waals surface area contributed by atoms with Crippen LogP contribution >= 0.6 is 0 Å². The molecule has 0 aliphatic rings. The first kappa shape index (κ1) is 10.5. The van der Waals surface area contributed by atoms with Gasteiger partial charge in [0.2, 0.25) is 0 Å². The van der Waals surface area contributed by atoms with Crippen LogP contribution in [0.1, 0.15) is 17.0 Å². The summed E-state index contributed by atoms with van der Waals surface area (Å²) in [5, 5.41) is 6.98. The van der Waals surface area contributed by atoms with Crippen LogP contribution in [-0.4, -0.2) is 10.8 Å². The van der Waals surface area contributed by atoms with E-state index in [1.165, 1.54) is 6.92 Å². The molecule has 0 atom stereocenters. The van der Waals surface area contributed by atoms with E-state index in [-0.39, 0.29) is 11.4 Å². The number of amidine groups is 1. The molecule has 1 aromatic rings. The van der Waals surface area contributed by atoms with E-state index in [2.05, 4.69) is 4.98 Å². The summed E-state index contributed by atoms with van der Waals surface area (Å²) in [4.78, 5) is 3.70. The van der Waals surface area contributed by atoms with Crippen molar-refractivity contribution in [3.8, 4) is 0 Å². The van der Waals surface area contributed by atoms with E-state index in [0.717, 1.165) is 12.1 Å². The summed E-state index contributed by atoms with van der Waals surface area (Å²) in [6.45, 7) is 1.42.